The predicted molar refractivity (Wildman–Crippen MR) is 127 cm³/mol. The van der Waals surface area contributed by atoms with Crippen molar-refractivity contribution >= 4 is 34.0 Å². The molecule has 0 aliphatic heterocycles. The molecule has 3 rings (SSSR count). The molecule has 0 aliphatic rings. The summed E-state index contributed by atoms with van der Waals surface area (Å²) in [6.45, 7) is 3.62. The van der Waals surface area contributed by atoms with E-state index in [-0.39, 0.29) is 18.2 Å². The van der Waals surface area contributed by atoms with Crippen molar-refractivity contribution in [3.63, 3.8) is 0 Å². The third-order valence-corrected chi connectivity index (χ3v) is 5.49. The Balaban J connectivity index is 1.68. The van der Waals surface area contributed by atoms with Crippen LogP contribution in [0.2, 0.25) is 0 Å². The van der Waals surface area contributed by atoms with Crippen molar-refractivity contribution in [2.45, 2.75) is 19.9 Å². The van der Waals surface area contributed by atoms with Gasteiger partial charge >= 0.3 is 0 Å². The Bertz CT molecular complexity index is 1020. The first-order valence-electron chi connectivity index (χ1n) is 10.4. The molecule has 3 aromatic rings. The highest BCUT2D eigenvalue weighted by Gasteiger charge is 2.20. The van der Waals surface area contributed by atoms with E-state index in [1.54, 1.807) is 17.4 Å². The number of thiazole rings is 1. The zero-order valence-corrected chi connectivity index (χ0v) is 19.2. The van der Waals surface area contributed by atoms with Gasteiger partial charge in [-0.3, -0.25) is 9.59 Å². The third kappa shape index (κ3) is 7.18. The van der Waals surface area contributed by atoms with Crippen LogP contribution in [0.15, 0.2) is 60.0 Å². The van der Waals surface area contributed by atoms with Gasteiger partial charge in [-0.15, -0.1) is 11.3 Å². The summed E-state index contributed by atoms with van der Waals surface area (Å²) in [5, 5.41) is 8.44. The Labute approximate surface area is 192 Å². The molecule has 0 aliphatic carbocycles. The lowest BCUT2D eigenvalue weighted by molar-refractivity contribution is -0.121. The highest BCUT2D eigenvalue weighted by Crippen LogP contribution is 2.23. The van der Waals surface area contributed by atoms with Crippen LogP contribution in [0.25, 0.3) is 0 Å². The normalized spacial score (nSPS) is 10.6. The van der Waals surface area contributed by atoms with Gasteiger partial charge in [0, 0.05) is 44.2 Å². The predicted octanol–water partition coefficient (Wildman–Crippen LogP) is 3.99. The number of hydrogen-bond donors (Lipinski definition) is 2. The number of anilines is 2. The number of aryl methyl sites for hydroxylation is 1. The molecule has 32 heavy (non-hydrogen) atoms. The largest absolute Gasteiger partial charge is 0.383 e. The Morgan fingerprint density at radius 3 is 2.69 bits per heavy atom. The van der Waals surface area contributed by atoms with Gasteiger partial charge in [-0.2, -0.15) is 0 Å². The van der Waals surface area contributed by atoms with E-state index in [0.717, 1.165) is 16.8 Å². The Hall–Kier alpha value is -3.23. The number of carbonyl (C=O) groups is 2. The fraction of sp³-hybridized carbons (Fsp3) is 0.292. The molecule has 1 heterocycles. The van der Waals surface area contributed by atoms with Gasteiger partial charge in [-0.05, 0) is 30.2 Å². The van der Waals surface area contributed by atoms with E-state index in [2.05, 4.69) is 15.6 Å². The van der Waals surface area contributed by atoms with Gasteiger partial charge in [0.15, 0.2) is 5.13 Å². The van der Waals surface area contributed by atoms with Gasteiger partial charge in [0.1, 0.15) is 5.69 Å². The molecule has 0 saturated heterocycles. The molecule has 2 N–H and O–H groups in total. The maximum absolute atomic E-state index is 13.2. The molecule has 0 unspecified atom stereocenters. The summed E-state index contributed by atoms with van der Waals surface area (Å²) >= 11 is 1.38. The fourth-order valence-electron chi connectivity index (χ4n) is 3.11. The van der Waals surface area contributed by atoms with E-state index >= 15 is 0 Å². The number of ether oxygens (including phenoxy) is 1. The Morgan fingerprint density at radius 1 is 1.12 bits per heavy atom. The van der Waals surface area contributed by atoms with Gasteiger partial charge in [0.25, 0.3) is 5.91 Å². The van der Waals surface area contributed by atoms with Crippen LogP contribution in [-0.2, 0) is 16.1 Å². The summed E-state index contributed by atoms with van der Waals surface area (Å²) in [6, 6.07) is 17.7. The van der Waals surface area contributed by atoms with Crippen molar-refractivity contribution in [1.82, 2.24) is 15.2 Å². The average Bonchev–Trinajstić information content (AvgIpc) is 3.25. The summed E-state index contributed by atoms with van der Waals surface area (Å²) in [5.41, 5.74) is 3.42. The topological polar surface area (TPSA) is 83.6 Å². The smallest absolute Gasteiger partial charge is 0.273 e. The summed E-state index contributed by atoms with van der Waals surface area (Å²) < 4.78 is 4.95. The molecule has 0 bridgehead atoms. The van der Waals surface area contributed by atoms with Crippen LogP contribution < -0.4 is 10.6 Å². The fourth-order valence-corrected chi connectivity index (χ4v) is 3.82. The first-order valence-corrected chi connectivity index (χ1v) is 11.3. The second-order valence-electron chi connectivity index (χ2n) is 7.34. The monoisotopic (exact) mass is 452 g/mol. The molecular formula is C24H28N4O3S. The molecular weight excluding hydrogens is 424 g/mol. The van der Waals surface area contributed by atoms with Gasteiger partial charge in [0.2, 0.25) is 5.91 Å². The standard InChI is InChI=1S/C24H28N4O3S/c1-18-7-6-10-20(15-18)26-24-27-21(17-32-24)23(30)28(16-19-8-4-3-5-9-19)13-11-22(29)25-12-14-31-2/h3-10,15,17H,11-14,16H2,1-2H3,(H,25,29)(H,26,27). The molecule has 0 fully saturated rings. The number of benzene rings is 2. The van der Waals surface area contributed by atoms with E-state index < -0.39 is 0 Å². The lowest BCUT2D eigenvalue weighted by atomic mass is 10.2. The zero-order chi connectivity index (χ0) is 22.8. The highest BCUT2D eigenvalue weighted by atomic mass is 32.1. The summed E-state index contributed by atoms with van der Waals surface area (Å²) in [6.07, 6.45) is 0.209. The highest BCUT2D eigenvalue weighted by molar-refractivity contribution is 7.14. The molecule has 7 nitrogen and oxygen atoms in total. The van der Waals surface area contributed by atoms with Crippen molar-refractivity contribution < 1.29 is 14.3 Å². The minimum Gasteiger partial charge on any atom is -0.383 e. The van der Waals surface area contributed by atoms with Crippen LogP contribution in [0.1, 0.15) is 28.0 Å². The summed E-state index contributed by atoms with van der Waals surface area (Å²) in [7, 11) is 1.59. The number of nitrogens with one attached hydrogen (secondary N) is 2. The molecule has 168 valence electrons. The van der Waals surface area contributed by atoms with E-state index in [1.165, 1.54) is 11.3 Å². The SMILES string of the molecule is COCCNC(=O)CCN(Cc1ccccc1)C(=O)c1csc(Nc2cccc(C)c2)n1. The van der Waals surface area contributed by atoms with Crippen molar-refractivity contribution in [1.29, 1.82) is 0 Å². The molecule has 2 amide bonds. The van der Waals surface area contributed by atoms with Crippen LogP contribution in [0.3, 0.4) is 0 Å². The van der Waals surface area contributed by atoms with Crippen molar-refractivity contribution in [3.8, 4) is 0 Å². The lowest BCUT2D eigenvalue weighted by Crippen LogP contribution is -2.35. The number of carbonyl (C=O) groups excluding carboxylic acids is 2. The van der Waals surface area contributed by atoms with Crippen molar-refractivity contribution in [2.24, 2.45) is 0 Å². The number of aromatic nitrogens is 1. The van der Waals surface area contributed by atoms with Gasteiger partial charge < -0.3 is 20.3 Å². The van der Waals surface area contributed by atoms with Crippen LogP contribution in [-0.4, -0.2) is 48.5 Å². The van der Waals surface area contributed by atoms with Crippen LogP contribution in [0.4, 0.5) is 10.8 Å². The second-order valence-corrected chi connectivity index (χ2v) is 8.20. The summed E-state index contributed by atoms with van der Waals surface area (Å²) in [5.74, 6) is -0.319. The quantitative estimate of drug-likeness (QED) is 0.430. The van der Waals surface area contributed by atoms with E-state index in [9.17, 15) is 9.59 Å². The van der Waals surface area contributed by atoms with Crippen LogP contribution in [0.5, 0.6) is 0 Å². The zero-order valence-electron chi connectivity index (χ0n) is 18.3. The molecule has 1 aromatic heterocycles. The van der Waals surface area contributed by atoms with E-state index in [4.69, 9.17) is 4.74 Å². The molecule has 2 aromatic carbocycles. The third-order valence-electron chi connectivity index (χ3n) is 4.73. The first kappa shape index (κ1) is 23.4. The second kappa shape index (κ2) is 12.0. The summed E-state index contributed by atoms with van der Waals surface area (Å²) in [4.78, 5) is 31.5. The number of rotatable bonds is 11. The maximum Gasteiger partial charge on any atom is 0.273 e. The van der Waals surface area contributed by atoms with Gasteiger partial charge in [-0.1, -0.05) is 42.5 Å². The average molecular weight is 453 g/mol. The number of hydrogen-bond acceptors (Lipinski definition) is 6. The first-order chi connectivity index (χ1) is 15.5. The Kier molecular flexibility index (Phi) is 8.77. The molecule has 0 radical (unpaired) electrons. The molecule has 0 spiro atoms. The van der Waals surface area contributed by atoms with Crippen LogP contribution >= 0.6 is 11.3 Å². The number of nitrogens with zero attached hydrogens (tertiary/aromatic N) is 2. The minimum absolute atomic E-state index is 0.118. The van der Waals surface area contributed by atoms with Crippen molar-refractivity contribution in [2.75, 3.05) is 32.1 Å². The van der Waals surface area contributed by atoms with E-state index in [0.29, 0.717) is 37.1 Å². The Morgan fingerprint density at radius 2 is 1.94 bits per heavy atom. The minimum atomic E-state index is -0.202. The van der Waals surface area contributed by atoms with E-state index in [1.807, 2.05) is 61.5 Å². The number of methoxy groups -OCH3 is 1. The van der Waals surface area contributed by atoms with Crippen LogP contribution in [0, 0.1) is 6.92 Å². The maximum atomic E-state index is 13.2. The molecule has 0 saturated carbocycles. The van der Waals surface area contributed by atoms with Gasteiger partial charge in [0.05, 0.1) is 6.61 Å². The number of amides is 2. The molecule has 8 heteroatoms. The lowest BCUT2D eigenvalue weighted by Gasteiger charge is -2.22. The van der Waals surface area contributed by atoms with Gasteiger partial charge in [-0.25, -0.2) is 4.98 Å². The molecule has 0 atom stereocenters. The van der Waals surface area contributed by atoms with Crippen molar-refractivity contribution in [3.05, 3.63) is 76.8 Å².